The first-order valence-corrected chi connectivity index (χ1v) is 10.3. The minimum atomic E-state index is -2.76. The molecule has 0 amide bonds. The maximum atomic E-state index is 11.8. The molecule has 0 bridgehead atoms. The van der Waals surface area contributed by atoms with Crippen LogP contribution >= 0.6 is 0 Å². The second kappa shape index (κ2) is 7.26. The number of hydrogen-bond acceptors (Lipinski definition) is 3. The van der Waals surface area contributed by atoms with Gasteiger partial charge in [-0.2, -0.15) is 0 Å². The lowest BCUT2D eigenvalue weighted by molar-refractivity contribution is 0.175. The molecular weight excluding hydrogens is 270 g/mol. The summed E-state index contributed by atoms with van der Waals surface area (Å²) >= 11 is 0. The third-order valence-corrected chi connectivity index (χ3v) is 7.11. The van der Waals surface area contributed by atoms with Crippen molar-refractivity contribution in [2.24, 2.45) is 17.8 Å². The molecule has 0 aromatic carbocycles. The van der Waals surface area contributed by atoms with E-state index in [1.807, 2.05) is 0 Å². The summed E-state index contributed by atoms with van der Waals surface area (Å²) in [6.07, 6.45) is 8.56. The normalized spacial score (nSPS) is 35.0. The summed E-state index contributed by atoms with van der Waals surface area (Å²) in [5, 5.41) is 3.70. The average molecular weight is 301 g/mol. The van der Waals surface area contributed by atoms with Crippen molar-refractivity contribution < 1.29 is 8.42 Å². The van der Waals surface area contributed by atoms with E-state index in [9.17, 15) is 8.42 Å². The van der Waals surface area contributed by atoms with Crippen LogP contribution in [-0.4, -0.2) is 32.5 Å². The lowest BCUT2D eigenvalue weighted by atomic mass is 9.73. The Morgan fingerprint density at radius 2 is 1.95 bits per heavy atom. The Morgan fingerprint density at radius 1 is 1.15 bits per heavy atom. The van der Waals surface area contributed by atoms with Crippen LogP contribution in [0.1, 0.15) is 58.8 Å². The van der Waals surface area contributed by atoms with Crippen molar-refractivity contribution in [1.82, 2.24) is 5.32 Å². The van der Waals surface area contributed by atoms with Gasteiger partial charge >= 0.3 is 0 Å². The maximum Gasteiger partial charge on any atom is 0.150 e. The molecule has 20 heavy (non-hydrogen) atoms. The van der Waals surface area contributed by atoms with E-state index in [-0.39, 0.29) is 0 Å². The van der Waals surface area contributed by atoms with Gasteiger partial charge in [-0.25, -0.2) is 8.42 Å². The van der Waals surface area contributed by atoms with Crippen molar-refractivity contribution in [1.29, 1.82) is 0 Å². The van der Waals surface area contributed by atoms with E-state index < -0.39 is 9.84 Å². The highest BCUT2D eigenvalue weighted by molar-refractivity contribution is 7.91. The van der Waals surface area contributed by atoms with Gasteiger partial charge in [-0.05, 0) is 50.0 Å². The minimum absolute atomic E-state index is 0.354. The molecule has 4 heteroatoms. The third-order valence-electron chi connectivity index (χ3n) is 5.31. The standard InChI is InChI=1S/C16H31NO2S/c1-3-9-17-16(15-8-10-20(18,19)12-15)14-7-5-6-13(4-2)11-14/h13-17H,3-12H2,1-2H3. The van der Waals surface area contributed by atoms with E-state index in [2.05, 4.69) is 19.2 Å². The van der Waals surface area contributed by atoms with Crippen molar-refractivity contribution in [2.75, 3.05) is 18.1 Å². The molecule has 2 fully saturated rings. The molecule has 1 aliphatic heterocycles. The average Bonchev–Trinajstić information content (AvgIpc) is 2.80. The van der Waals surface area contributed by atoms with Gasteiger partial charge in [0.1, 0.15) is 0 Å². The van der Waals surface area contributed by atoms with Crippen LogP contribution in [0.3, 0.4) is 0 Å². The van der Waals surface area contributed by atoms with Crippen LogP contribution in [0.4, 0.5) is 0 Å². The minimum Gasteiger partial charge on any atom is -0.313 e. The largest absolute Gasteiger partial charge is 0.313 e. The van der Waals surface area contributed by atoms with Crippen molar-refractivity contribution >= 4 is 9.84 Å². The number of sulfone groups is 1. The lowest BCUT2D eigenvalue weighted by Gasteiger charge is -2.37. The highest BCUT2D eigenvalue weighted by Crippen LogP contribution is 2.37. The van der Waals surface area contributed by atoms with Gasteiger partial charge in [-0.15, -0.1) is 0 Å². The Labute approximate surface area is 124 Å². The molecule has 3 nitrogen and oxygen atoms in total. The SMILES string of the molecule is CCCNC(C1CCCC(CC)C1)C1CCS(=O)(=O)C1. The highest BCUT2D eigenvalue weighted by Gasteiger charge is 2.38. The fraction of sp³-hybridized carbons (Fsp3) is 1.00. The fourth-order valence-corrected chi connectivity index (χ4v) is 6.02. The van der Waals surface area contributed by atoms with Crippen molar-refractivity contribution in [3.8, 4) is 0 Å². The van der Waals surface area contributed by atoms with Crippen LogP contribution in [0.15, 0.2) is 0 Å². The molecule has 4 unspecified atom stereocenters. The zero-order chi connectivity index (χ0) is 14.6. The predicted molar refractivity (Wildman–Crippen MR) is 84.6 cm³/mol. The van der Waals surface area contributed by atoms with Crippen LogP contribution in [0.2, 0.25) is 0 Å². The molecule has 1 saturated carbocycles. The monoisotopic (exact) mass is 301 g/mol. The molecule has 0 aromatic rings. The zero-order valence-electron chi connectivity index (χ0n) is 13.1. The topological polar surface area (TPSA) is 46.2 Å². The van der Waals surface area contributed by atoms with Gasteiger partial charge in [0.2, 0.25) is 0 Å². The molecule has 118 valence electrons. The molecule has 2 rings (SSSR count). The second-order valence-electron chi connectivity index (χ2n) is 6.84. The van der Waals surface area contributed by atoms with Crippen LogP contribution in [0.25, 0.3) is 0 Å². The van der Waals surface area contributed by atoms with Gasteiger partial charge in [0.25, 0.3) is 0 Å². The Hall–Kier alpha value is -0.0900. The maximum absolute atomic E-state index is 11.8. The highest BCUT2D eigenvalue weighted by atomic mass is 32.2. The summed E-state index contributed by atoms with van der Waals surface area (Å²) in [5.74, 6) is 2.73. The van der Waals surface area contributed by atoms with Gasteiger partial charge in [-0.3, -0.25) is 0 Å². The van der Waals surface area contributed by atoms with Gasteiger partial charge in [0, 0.05) is 6.04 Å². The predicted octanol–water partition coefficient (Wildman–Crippen LogP) is 3.01. The summed E-state index contributed by atoms with van der Waals surface area (Å²) in [4.78, 5) is 0. The summed E-state index contributed by atoms with van der Waals surface area (Å²) in [6.45, 7) is 5.50. The van der Waals surface area contributed by atoms with E-state index in [4.69, 9.17) is 0 Å². The Bertz CT molecular complexity index is 393. The summed E-state index contributed by atoms with van der Waals surface area (Å²) < 4.78 is 23.6. The van der Waals surface area contributed by atoms with Crippen LogP contribution in [0, 0.1) is 17.8 Å². The van der Waals surface area contributed by atoms with E-state index in [0.717, 1.165) is 25.3 Å². The molecule has 1 heterocycles. The van der Waals surface area contributed by atoms with Crippen molar-refractivity contribution in [3.05, 3.63) is 0 Å². The van der Waals surface area contributed by atoms with Crippen molar-refractivity contribution in [3.63, 3.8) is 0 Å². The van der Waals surface area contributed by atoms with Crippen LogP contribution in [-0.2, 0) is 9.84 Å². The molecule has 1 N–H and O–H groups in total. The Morgan fingerprint density at radius 3 is 2.55 bits per heavy atom. The van der Waals surface area contributed by atoms with Gasteiger partial charge in [0.15, 0.2) is 9.84 Å². The molecule has 0 aromatic heterocycles. The first-order valence-electron chi connectivity index (χ1n) is 8.49. The first kappa shape index (κ1) is 16.3. The Kier molecular flexibility index (Phi) is 5.91. The Balaban J connectivity index is 2.03. The summed E-state index contributed by atoms with van der Waals surface area (Å²) in [6, 6.07) is 0.432. The molecule has 2 aliphatic rings. The van der Waals surface area contributed by atoms with Crippen LogP contribution < -0.4 is 5.32 Å². The zero-order valence-corrected chi connectivity index (χ0v) is 13.9. The van der Waals surface area contributed by atoms with Gasteiger partial charge in [0.05, 0.1) is 11.5 Å². The number of hydrogen-bond donors (Lipinski definition) is 1. The molecular formula is C16H31NO2S. The quantitative estimate of drug-likeness (QED) is 0.820. The van der Waals surface area contributed by atoms with Crippen molar-refractivity contribution in [2.45, 2.75) is 64.8 Å². The summed E-state index contributed by atoms with van der Waals surface area (Å²) in [5.41, 5.74) is 0. The molecule has 0 spiro atoms. The van der Waals surface area contributed by atoms with E-state index in [0.29, 0.717) is 29.4 Å². The van der Waals surface area contributed by atoms with E-state index in [1.54, 1.807) is 0 Å². The third kappa shape index (κ3) is 4.20. The first-order chi connectivity index (χ1) is 9.55. The van der Waals surface area contributed by atoms with E-state index in [1.165, 1.54) is 32.1 Å². The molecule has 1 aliphatic carbocycles. The summed E-state index contributed by atoms with van der Waals surface area (Å²) in [7, 11) is -2.76. The smallest absolute Gasteiger partial charge is 0.150 e. The molecule has 4 atom stereocenters. The molecule has 1 saturated heterocycles. The van der Waals surface area contributed by atoms with Gasteiger partial charge < -0.3 is 5.32 Å². The number of nitrogens with one attached hydrogen (secondary N) is 1. The van der Waals surface area contributed by atoms with E-state index >= 15 is 0 Å². The second-order valence-corrected chi connectivity index (χ2v) is 9.07. The van der Waals surface area contributed by atoms with Crippen LogP contribution in [0.5, 0.6) is 0 Å². The van der Waals surface area contributed by atoms with Gasteiger partial charge in [-0.1, -0.05) is 33.1 Å². The lowest BCUT2D eigenvalue weighted by Crippen LogP contribution is -2.44. The molecule has 0 radical (unpaired) electrons. The fourth-order valence-electron chi connectivity index (χ4n) is 4.17. The number of rotatable bonds is 6.